The summed E-state index contributed by atoms with van der Waals surface area (Å²) in [5.41, 5.74) is 13.4. The molecule has 0 unspecified atom stereocenters. The predicted octanol–water partition coefficient (Wildman–Crippen LogP) is 4.27. The number of hydrogen-bond donors (Lipinski definition) is 4. The summed E-state index contributed by atoms with van der Waals surface area (Å²) < 4.78 is 18.6. The van der Waals surface area contributed by atoms with Crippen molar-refractivity contribution >= 4 is 34.7 Å². The minimum Gasteiger partial charge on any atom is -0.495 e. The standard InChI is InChI=1S/C25H25N5O4.CH3NO2/c1-32-21-13-16(7-8-20(21)29-25(31)34-18-5-3-2-4-6-18)19-14-30(17-9-11-33-12-10-17)24-22(19)23(26)27-15-28-24;2-1(3)4/h2-8,13-15,17H,9-12H2,1H3,(H,29,31)(H2,26,27,28);2H2,(H,3,4). The summed E-state index contributed by atoms with van der Waals surface area (Å²) in [7, 11) is 1.55. The number of nitrogens with two attached hydrogens (primary N) is 2. The lowest BCUT2D eigenvalue weighted by Crippen LogP contribution is -2.19. The Balaban J connectivity index is 0.000000786. The smallest absolute Gasteiger partial charge is 0.417 e. The van der Waals surface area contributed by atoms with E-state index in [4.69, 9.17) is 29.8 Å². The molecule has 198 valence electrons. The Hall–Kier alpha value is -4.84. The van der Waals surface area contributed by atoms with Crippen LogP contribution < -0.4 is 26.3 Å². The maximum atomic E-state index is 12.4. The average Bonchev–Trinajstić information content (AvgIpc) is 3.31. The number of nitrogens with one attached hydrogen (secondary N) is 1. The van der Waals surface area contributed by atoms with Crippen molar-refractivity contribution in [2.75, 3.05) is 31.4 Å². The van der Waals surface area contributed by atoms with E-state index in [0.717, 1.165) is 35.0 Å². The Kier molecular flexibility index (Phi) is 8.23. The van der Waals surface area contributed by atoms with Crippen LogP contribution in [0.4, 0.5) is 21.1 Å². The van der Waals surface area contributed by atoms with Crippen molar-refractivity contribution in [1.82, 2.24) is 14.5 Å². The molecule has 1 saturated heterocycles. The number of carboxylic acid groups (broad SMARTS) is 1. The van der Waals surface area contributed by atoms with Crippen molar-refractivity contribution < 1.29 is 28.9 Å². The molecule has 12 heteroatoms. The second kappa shape index (κ2) is 11.9. The largest absolute Gasteiger partial charge is 0.495 e. The molecule has 0 radical (unpaired) electrons. The van der Waals surface area contributed by atoms with Gasteiger partial charge in [-0.15, -0.1) is 0 Å². The molecular weight excluding hydrogens is 492 g/mol. The molecule has 5 rings (SSSR count). The number of fused-ring (bicyclic) bond motifs is 1. The molecular formula is C26H28N6O6. The highest BCUT2D eigenvalue weighted by Gasteiger charge is 2.23. The highest BCUT2D eigenvalue weighted by Crippen LogP contribution is 2.39. The highest BCUT2D eigenvalue weighted by atomic mass is 16.6. The van der Waals surface area contributed by atoms with E-state index in [1.807, 2.05) is 18.2 Å². The summed E-state index contributed by atoms with van der Waals surface area (Å²) in [6, 6.07) is 14.7. The van der Waals surface area contributed by atoms with Gasteiger partial charge in [0.15, 0.2) is 0 Å². The van der Waals surface area contributed by atoms with Crippen LogP contribution in [0.15, 0.2) is 61.1 Å². The molecule has 3 heterocycles. The summed E-state index contributed by atoms with van der Waals surface area (Å²) >= 11 is 0. The van der Waals surface area contributed by atoms with Crippen molar-refractivity contribution in [3.63, 3.8) is 0 Å². The number of aromatic nitrogens is 3. The number of para-hydroxylation sites is 1. The Bertz CT molecular complexity index is 1410. The zero-order valence-electron chi connectivity index (χ0n) is 20.7. The van der Waals surface area contributed by atoms with Gasteiger partial charge >= 0.3 is 12.2 Å². The van der Waals surface area contributed by atoms with E-state index in [-0.39, 0.29) is 6.04 Å². The number of nitrogen functional groups attached to an aromatic ring is 1. The Labute approximate surface area is 218 Å². The number of primary amides is 1. The molecule has 0 saturated carbocycles. The van der Waals surface area contributed by atoms with Gasteiger partial charge in [-0.25, -0.2) is 19.6 Å². The topological polar surface area (TPSA) is 177 Å². The molecule has 2 aromatic heterocycles. The lowest BCUT2D eigenvalue weighted by molar-refractivity contribution is 0.0706. The van der Waals surface area contributed by atoms with Crippen molar-refractivity contribution in [2.24, 2.45) is 5.73 Å². The van der Waals surface area contributed by atoms with E-state index < -0.39 is 12.2 Å². The van der Waals surface area contributed by atoms with Crippen LogP contribution in [0.25, 0.3) is 22.2 Å². The molecule has 0 atom stereocenters. The van der Waals surface area contributed by atoms with Crippen molar-refractivity contribution in [1.29, 1.82) is 0 Å². The number of methoxy groups -OCH3 is 1. The van der Waals surface area contributed by atoms with Crippen LogP contribution in [-0.4, -0.2) is 52.2 Å². The number of hydrogen-bond acceptors (Lipinski definition) is 8. The number of carbonyl (C=O) groups excluding carboxylic acids is 1. The third-order valence-electron chi connectivity index (χ3n) is 5.93. The second-order valence-electron chi connectivity index (χ2n) is 8.33. The molecule has 1 fully saturated rings. The lowest BCUT2D eigenvalue weighted by atomic mass is 10.0. The Morgan fingerprint density at radius 2 is 1.84 bits per heavy atom. The number of anilines is 2. The fourth-order valence-electron chi connectivity index (χ4n) is 4.26. The Morgan fingerprint density at radius 3 is 2.53 bits per heavy atom. The molecule has 1 aliphatic rings. The molecule has 2 aromatic carbocycles. The minimum absolute atomic E-state index is 0.273. The van der Waals surface area contributed by atoms with Crippen molar-refractivity contribution in [3.8, 4) is 22.6 Å². The molecule has 2 amide bonds. The van der Waals surface area contributed by atoms with E-state index in [2.05, 4.69) is 31.8 Å². The molecule has 4 aromatic rings. The SMILES string of the molecule is COc1cc(-c2cn(C3CCOCC3)c3ncnc(N)c23)ccc1NC(=O)Oc1ccccc1.NC(=O)O. The minimum atomic E-state index is -1.33. The summed E-state index contributed by atoms with van der Waals surface area (Å²) in [6.07, 6.45) is 3.43. The van der Waals surface area contributed by atoms with Gasteiger partial charge in [0.25, 0.3) is 0 Å². The molecule has 6 N–H and O–H groups in total. The van der Waals surface area contributed by atoms with E-state index in [0.29, 0.717) is 36.2 Å². The molecule has 12 nitrogen and oxygen atoms in total. The lowest BCUT2D eigenvalue weighted by Gasteiger charge is -2.24. The number of amides is 2. The summed E-state index contributed by atoms with van der Waals surface area (Å²) in [5, 5.41) is 10.7. The van der Waals surface area contributed by atoms with Crippen LogP contribution in [-0.2, 0) is 4.74 Å². The van der Waals surface area contributed by atoms with Gasteiger partial charge in [-0.05, 0) is 42.7 Å². The number of benzene rings is 2. The van der Waals surface area contributed by atoms with Gasteiger partial charge in [-0.1, -0.05) is 24.3 Å². The molecule has 1 aliphatic heterocycles. The first kappa shape index (κ1) is 26.2. The highest BCUT2D eigenvalue weighted by molar-refractivity contribution is 6.01. The van der Waals surface area contributed by atoms with Crippen LogP contribution in [0, 0.1) is 0 Å². The quantitative estimate of drug-likeness (QED) is 0.299. The predicted molar refractivity (Wildman–Crippen MR) is 141 cm³/mol. The van der Waals surface area contributed by atoms with Gasteiger partial charge in [-0.3, -0.25) is 5.32 Å². The normalized spacial score (nSPS) is 13.3. The Morgan fingerprint density at radius 1 is 1.13 bits per heavy atom. The van der Waals surface area contributed by atoms with Gasteiger partial charge in [0.2, 0.25) is 0 Å². The molecule has 38 heavy (non-hydrogen) atoms. The molecule has 0 spiro atoms. The molecule has 0 bridgehead atoms. The first-order valence-electron chi connectivity index (χ1n) is 11.8. The fraction of sp³-hybridized carbons (Fsp3) is 0.231. The summed E-state index contributed by atoms with van der Waals surface area (Å²) in [5.74, 6) is 1.36. The van der Waals surface area contributed by atoms with Gasteiger partial charge in [0, 0.05) is 31.0 Å². The maximum Gasteiger partial charge on any atom is 0.417 e. The monoisotopic (exact) mass is 520 g/mol. The number of ether oxygens (including phenoxy) is 3. The van der Waals surface area contributed by atoms with E-state index in [1.165, 1.54) is 6.33 Å². The van der Waals surface area contributed by atoms with Crippen molar-refractivity contribution in [2.45, 2.75) is 18.9 Å². The second-order valence-corrected chi connectivity index (χ2v) is 8.33. The third kappa shape index (κ3) is 6.10. The maximum absolute atomic E-state index is 12.4. The zero-order chi connectivity index (χ0) is 27.1. The van der Waals surface area contributed by atoms with Gasteiger partial charge < -0.3 is 35.4 Å². The van der Waals surface area contributed by atoms with Crippen LogP contribution in [0.1, 0.15) is 18.9 Å². The first-order chi connectivity index (χ1) is 18.4. The van der Waals surface area contributed by atoms with Gasteiger partial charge in [0.1, 0.15) is 29.3 Å². The van der Waals surface area contributed by atoms with Crippen molar-refractivity contribution in [3.05, 3.63) is 61.1 Å². The van der Waals surface area contributed by atoms with E-state index in [9.17, 15) is 4.79 Å². The van der Waals surface area contributed by atoms with Crippen LogP contribution in [0.2, 0.25) is 0 Å². The van der Waals surface area contributed by atoms with Crippen LogP contribution in [0.5, 0.6) is 11.5 Å². The van der Waals surface area contributed by atoms with Gasteiger partial charge in [0.05, 0.1) is 18.2 Å². The average molecular weight is 521 g/mol. The first-order valence-corrected chi connectivity index (χ1v) is 11.8. The zero-order valence-corrected chi connectivity index (χ0v) is 20.7. The van der Waals surface area contributed by atoms with E-state index >= 15 is 0 Å². The summed E-state index contributed by atoms with van der Waals surface area (Å²) in [6.45, 7) is 1.43. The summed E-state index contributed by atoms with van der Waals surface area (Å²) in [4.78, 5) is 29.9. The number of rotatable bonds is 5. The molecule has 0 aliphatic carbocycles. The third-order valence-corrected chi connectivity index (χ3v) is 5.93. The van der Waals surface area contributed by atoms with Gasteiger partial charge in [-0.2, -0.15) is 0 Å². The van der Waals surface area contributed by atoms with Crippen LogP contribution >= 0.6 is 0 Å². The number of carbonyl (C=O) groups is 2. The fourth-order valence-corrected chi connectivity index (χ4v) is 4.26. The van der Waals surface area contributed by atoms with E-state index in [1.54, 1.807) is 37.4 Å². The number of nitrogens with zero attached hydrogens (tertiary/aromatic N) is 3. The van der Waals surface area contributed by atoms with Crippen LogP contribution in [0.3, 0.4) is 0 Å².